The van der Waals surface area contributed by atoms with Crippen LogP contribution in [0.4, 0.5) is 5.69 Å². The lowest BCUT2D eigenvalue weighted by Gasteiger charge is -2.11. The van der Waals surface area contributed by atoms with Crippen LogP contribution in [0.3, 0.4) is 0 Å². The molecule has 0 unspecified atom stereocenters. The van der Waals surface area contributed by atoms with Crippen LogP contribution in [0.5, 0.6) is 5.75 Å². The van der Waals surface area contributed by atoms with E-state index in [1.165, 1.54) is 0 Å². The molecule has 0 spiro atoms. The first-order valence-electron chi connectivity index (χ1n) is 10.5. The van der Waals surface area contributed by atoms with Crippen molar-refractivity contribution in [1.82, 2.24) is 5.43 Å². The first kappa shape index (κ1) is 22.2. The van der Waals surface area contributed by atoms with E-state index in [0.29, 0.717) is 22.0 Å². The number of nitrogens with one attached hydrogen (secondary N) is 2. The van der Waals surface area contributed by atoms with Gasteiger partial charge in [0.15, 0.2) is 5.11 Å². The van der Waals surface area contributed by atoms with E-state index in [1.54, 1.807) is 24.4 Å². The molecule has 0 fully saturated rings. The Morgan fingerprint density at radius 2 is 1.70 bits per heavy atom. The van der Waals surface area contributed by atoms with Gasteiger partial charge in [-0.15, -0.1) is 0 Å². The average Bonchev–Trinajstić information content (AvgIpc) is 2.80. The number of anilines is 1. The number of rotatable bonds is 5. The van der Waals surface area contributed by atoms with Crippen LogP contribution >= 0.6 is 12.2 Å². The highest BCUT2D eigenvalue weighted by atomic mass is 32.1. The number of aryl methyl sites for hydroxylation is 2. The molecule has 164 valence electrons. The summed E-state index contributed by atoms with van der Waals surface area (Å²) >= 11 is 5.35. The van der Waals surface area contributed by atoms with E-state index in [1.807, 2.05) is 80.6 Å². The maximum atomic E-state index is 12.7. The van der Waals surface area contributed by atoms with Gasteiger partial charge in [-0.05, 0) is 72.7 Å². The zero-order chi connectivity index (χ0) is 23.2. The SMILES string of the molecule is Cc1ccc(C(=O)Oc2ccc3ccccc3c2/C=N\NC(=S)Nc2cccc(C)c2)cc1. The molecule has 4 aromatic rings. The van der Waals surface area contributed by atoms with E-state index in [0.717, 1.165) is 27.6 Å². The van der Waals surface area contributed by atoms with Crippen LogP contribution in [0, 0.1) is 13.8 Å². The standard InChI is InChI=1S/C27H23N3O2S/c1-18-10-12-21(13-11-18)26(31)32-25-15-14-20-7-3-4-9-23(20)24(25)17-28-30-27(33)29-22-8-5-6-19(2)16-22/h3-17H,1-2H3,(H2,29,30,33)/b28-17-. The third-order valence-corrected chi connectivity index (χ3v) is 5.25. The number of hydrazone groups is 1. The molecule has 0 aromatic heterocycles. The number of ether oxygens (including phenoxy) is 1. The Bertz CT molecular complexity index is 1350. The minimum absolute atomic E-state index is 0.357. The molecule has 0 amide bonds. The summed E-state index contributed by atoms with van der Waals surface area (Å²) < 4.78 is 5.74. The molecule has 0 aliphatic rings. The van der Waals surface area contributed by atoms with Crippen molar-refractivity contribution in [3.63, 3.8) is 0 Å². The fourth-order valence-corrected chi connectivity index (χ4v) is 3.55. The second kappa shape index (κ2) is 10.1. The second-order valence-electron chi connectivity index (χ2n) is 7.65. The number of carbonyl (C=O) groups is 1. The number of carbonyl (C=O) groups excluding carboxylic acids is 1. The molecule has 2 N–H and O–H groups in total. The lowest BCUT2D eigenvalue weighted by molar-refractivity contribution is 0.0734. The maximum absolute atomic E-state index is 12.7. The van der Waals surface area contributed by atoms with Crippen LogP contribution in [-0.2, 0) is 0 Å². The van der Waals surface area contributed by atoms with E-state index < -0.39 is 5.97 Å². The molecule has 0 radical (unpaired) electrons. The van der Waals surface area contributed by atoms with Crippen molar-refractivity contribution >= 4 is 46.0 Å². The lowest BCUT2D eigenvalue weighted by Crippen LogP contribution is -2.23. The quantitative estimate of drug-likeness (QED) is 0.128. The molecule has 0 atom stereocenters. The van der Waals surface area contributed by atoms with Crippen LogP contribution in [0.15, 0.2) is 90.0 Å². The molecular formula is C27H23N3O2S. The lowest BCUT2D eigenvalue weighted by atomic mass is 10.0. The number of fused-ring (bicyclic) bond motifs is 1. The summed E-state index contributed by atoms with van der Waals surface area (Å²) in [6.45, 7) is 3.98. The number of benzene rings is 4. The Hall–Kier alpha value is -4.03. The molecule has 0 aliphatic carbocycles. The number of nitrogens with zero attached hydrogens (tertiary/aromatic N) is 1. The molecule has 0 saturated heterocycles. The van der Waals surface area contributed by atoms with E-state index >= 15 is 0 Å². The van der Waals surface area contributed by atoms with Crippen LogP contribution < -0.4 is 15.5 Å². The summed E-state index contributed by atoms with van der Waals surface area (Å²) in [7, 11) is 0. The molecular weight excluding hydrogens is 430 g/mol. The highest BCUT2D eigenvalue weighted by molar-refractivity contribution is 7.80. The highest BCUT2D eigenvalue weighted by Crippen LogP contribution is 2.27. The summed E-state index contributed by atoms with van der Waals surface area (Å²) in [5.74, 6) is -0.00749. The van der Waals surface area contributed by atoms with Gasteiger partial charge in [0.2, 0.25) is 0 Å². The van der Waals surface area contributed by atoms with Crippen molar-refractivity contribution < 1.29 is 9.53 Å². The third kappa shape index (κ3) is 5.61. The van der Waals surface area contributed by atoms with Crippen LogP contribution in [-0.4, -0.2) is 17.3 Å². The number of esters is 1. The van der Waals surface area contributed by atoms with Gasteiger partial charge in [0, 0.05) is 11.3 Å². The summed E-state index contributed by atoms with van der Waals surface area (Å²) in [6.07, 6.45) is 1.62. The van der Waals surface area contributed by atoms with Gasteiger partial charge in [-0.25, -0.2) is 4.79 Å². The first-order valence-corrected chi connectivity index (χ1v) is 10.9. The number of hydrogen-bond donors (Lipinski definition) is 2. The highest BCUT2D eigenvalue weighted by Gasteiger charge is 2.13. The average molecular weight is 454 g/mol. The molecule has 0 aliphatic heterocycles. The predicted molar refractivity (Wildman–Crippen MR) is 138 cm³/mol. The minimum atomic E-state index is -0.426. The van der Waals surface area contributed by atoms with Crippen molar-refractivity contribution in [2.24, 2.45) is 5.10 Å². The van der Waals surface area contributed by atoms with Gasteiger partial charge in [-0.1, -0.05) is 60.2 Å². The normalized spacial score (nSPS) is 10.8. The van der Waals surface area contributed by atoms with Crippen molar-refractivity contribution in [2.75, 3.05) is 5.32 Å². The van der Waals surface area contributed by atoms with Gasteiger partial charge in [0.1, 0.15) is 5.75 Å². The Morgan fingerprint density at radius 1 is 0.909 bits per heavy atom. The van der Waals surface area contributed by atoms with E-state index in [2.05, 4.69) is 15.8 Å². The minimum Gasteiger partial charge on any atom is -0.422 e. The molecule has 33 heavy (non-hydrogen) atoms. The summed E-state index contributed by atoms with van der Waals surface area (Å²) in [5, 5.41) is 9.67. The fraction of sp³-hybridized carbons (Fsp3) is 0.0741. The summed E-state index contributed by atoms with van der Waals surface area (Å²) in [6, 6.07) is 26.7. The maximum Gasteiger partial charge on any atom is 0.343 e. The van der Waals surface area contributed by atoms with Gasteiger partial charge in [0.05, 0.1) is 11.8 Å². The van der Waals surface area contributed by atoms with Crippen molar-refractivity contribution in [2.45, 2.75) is 13.8 Å². The van der Waals surface area contributed by atoms with Gasteiger partial charge in [-0.3, -0.25) is 5.43 Å². The Morgan fingerprint density at radius 3 is 2.48 bits per heavy atom. The van der Waals surface area contributed by atoms with Gasteiger partial charge in [-0.2, -0.15) is 5.10 Å². The largest absolute Gasteiger partial charge is 0.422 e. The van der Waals surface area contributed by atoms with Crippen LogP contribution in [0.1, 0.15) is 27.0 Å². The molecule has 6 heteroatoms. The van der Waals surface area contributed by atoms with E-state index in [4.69, 9.17) is 17.0 Å². The summed E-state index contributed by atoms with van der Waals surface area (Å²) in [5.41, 5.74) is 7.07. The molecule has 0 saturated carbocycles. The number of thiocarbonyl (C=S) groups is 1. The van der Waals surface area contributed by atoms with Gasteiger partial charge in [0.25, 0.3) is 0 Å². The van der Waals surface area contributed by atoms with Crippen molar-refractivity contribution in [1.29, 1.82) is 0 Å². The smallest absolute Gasteiger partial charge is 0.343 e. The van der Waals surface area contributed by atoms with Gasteiger partial charge >= 0.3 is 5.97 Å². The van der Waals surface area contributed by atoms with Crippen molar-refractivity contribution in [3.05, 3.63) is 107 Å². The molecule has 0 heterocycles. The molecule has 0 bridgehead atoms. The van der Waals surface area contributed by atoms with Gasteiger partial charge < -0.3 is 10.1 Å². The zero-order valence-corrected chi connectivity index (χ0v) is 19.1. The third-order valence-electron chi connectivity index (χ3n) is 5.06. The molecule has 5 nitrogen and oxygen atoms in total. The van der Waals surface area contributed by atoms with E-state index in [9.17, 15) is 4.79 Å². The second-order valence-corrected chi connectivity index (χ2v) is 8.06. The molecule has 4 rings (SSSR count). The Balaban J connectivity index is 1.56. The first-order chi connectivity index (χ1) is 16.0. The van der Waals surface area contributed by atoms with E-state index in [-0.39, 0.29) is 0 Å². The summed E-state index contributed by atoms with van der Waals surface area (Å²) in [4.78, 5) is 12.7. The Labute approximate surface area is 198 Å². The van der Waals surface area contributed by atoms with Crippen molar-refractivity contribution in [3.8, 4) is 5.75 Å². The van der Waals surface area contributed by atoms with Crippen LogP contribution in [0.2, 0.25) is 0 Å². The number of hydrogen-bond acceptors (Lipinski definition) is 4. The fourth-order valence-electron chi connectivity index (χ4n) is 3.38. The predicted octanol–water partition coefficient (Wildman–Crippen LogP) is 6.00. The zero-order valence-electron chi connectivity index (χ0n) is 18.3. The topological polar surface area (TPSA) is 62.7 Å². The van der Waals surface area contributed by atoms with Crippen LogP contribution in [0.25, 0.3) is 10.8 Å². The molecule has 4 aromatic carbocycles. The monoisotopic (exact) mass is 453 g/mol. The Kier molecular flexibility index (Phi) is 6.76.